The van der Waals surface area contributed by atoms with Crippen LogP contribution in [0.1, 0.15) is 19.6 Å². The van der Waals surface area contributed by atoms with E-state index in [1.54, 1.807) is 18.4 Å². The standard InChI is InChI=1S/C11H14N2O2S2/c1-11(2)9(17-10(16)12(11)3)13(14)7-8-5-4-6-15-8/h4-7,9H,1-3H3/b13-7+/t9-/m0/s1. The first-order valence-electron chi connectivity index (χ1n) is 5.21. The molecule has 17 heavy (non-hydrogen) atoms. The molecule has 1 aliphatic rings. The lowest BCUT2D eigenvalue weighted by molar-refractivity contribution is -0.481. The molecule has 2 heterocycles. The lowest BCUT2D eigenvalue weighted by Crippen LogP contribution is -2.46. The Morgan fingerprint density at radius 2 is 2.35 bits per heavy atom. The fourth-order valence-corrected chi connectivity index (χ4v) is 3.35. The van der Waals surface area contributed by atoms with Gasteiger partial charge in [0, 0.05) is 7.05 Å². The van der Waals surface area contributed by atoms with Crippen molar-refractivity contribution in [1.82, 2.24) is 4.90 Å². The number of likely N-dealkylation sites (N-methyl/N-ethyl adjacent to an activating group) is 1. The Balaban J connectivity index is 2.27. The highest BCUT2D eigenvalue weighted by molar-refractivity contribution is 8.23. The van der Waals surface area contributed by atoms with Crippen molar-refractivity contribution in [2.24, 2.45) is 0 Å². The average Bonchev–Trinajstić information content (AvgIpc) is 2.82. The van der Waals surface area contributed by atoms with E-state index in [9.17, 15) is 5.21 Å². The summed E-state index contributed by atoms with van der Waals surface area (Å²) < 4.78 is 6.79. The summed E-state index contributed by atoms with van der Waals surface area (Å²) in [5.41, 5.74) is -0.299. The molecule has 0 N–H and O–H groups in total. The summed E-state index contributed by atoms with van der Waals surface area (Å²) in [7, 11) is 1.91. The number of hydrogen-bond acceptors (Lipinski definition) is 4. The molecule has 1 saturated heterocycles. The fourth-order valence-electron chi connectivity index (χ4n) is 1.64. The molecule has 0 saturated carbocycles. The van der Waals surface area contributed by atoms with Gasteiger partial charge < -0.3 is 14.5 Å². The maximum absolute atomic E-state index is 12.1. The molecule has 0 aromatic carbocycles. The van der Waals surface area contributed by atoms with Gasteiger partial charge in [0.15, 0.2) is 5.76 Å². The van der Waals surface area contributed by atoms with Crippen LogP contribution in [-0.2, 0) is 0 Å². The molecule has 1 atom stereocenters. The van der Waals surface area contributed by atoms with E-state index in [0.717, 1.165) is 9.06 Å². The molecule has 0 amide bonds. The third kappa shape index (κ3) is 2.19. The predicted octanol–water partition coefficient (Wildman–Crippen LogP) is 2.28. The van der Waals surface area contributed by atoms with Gasteiger partial charge in [-0.05, 0) is 37.7 Å². The Morgan fingerprint density at radius 1 is 1.65 bits per heavy atom. The molecule has 0 spiro atoms. The fraction of sp³-hybridized carbons (Fsp3) is 0.455. The van der Waals surface area contributed by atoms with Crippen molar-refractivity contribution in [1.29, 1.82) is 0 Å². The van der Waals surface area contributed by atoms with Gasteiger partial charge in [0.25, 0.3) is 0 Å². The number of thiocarbonyl (C=S) groups is 1. The molecular weight excluding hydrogens is 256 g/mol. The molecule has 92 valence electrons. The highest BCUT2D eigenvalue weighted by atomic mass is 32.2. The van der Waals surface area contributed by atoms with Crippen LogP contribution in [0.3, 0.4) is 0 Å². The van der Waals surface area contributed by atoms with Crippen molar-refractivity contribution in [2.75, 3.05) is 7.05 Å². The number of furan rings is 1. The third-order valence-corrected chi connectivity index (χ3v) is 5.03. The van der Waals surface area contributed by atoms with Crippen molar-refractivity contribution < 1.29 is 9.16 Å². The first-order valence-corrected chi connectivity index (χ1v) is 6.50. The van der Waals surface area contributed by atoms with Gasteiger partial charge in [0.05, 0.1) is 6.26 Å². The molecule has 0 aliphatic carbocycles. The summed E-state index contributed by atoms with van der Waals surface area (Å²) in [6.45, 7) is 4.01. The van der Waals surface area contributed by atoms with Crippen LogP contribution < -0.4 is 0 Å². The zero-order chi connectivity index (χ0) is 12.6. The van der Waals surface area contributed by atoms with Gasteiger partial charge in [0.2, 0.25) is 11.6 Å². The van der Waals surface area contributed by atoms with E-state index in [1.807, 2.05) is 25.8 Å². The van der Waals surface area contributed by atoms with Gasteiger partial charge in [-0.25, -0.2) is 0 Å². The summed E-state index contributed by atoms with van der Waals surface area (Å²) in [5.74, 6) is 0.553. The highest BCUT2D eigenvalue weighted by Gasteiger charge is 2.48. The summed E-state index contributed by atoms with van der Waals surface area (Å²) in [5, 5.41) is 11.9. The quantitative estimate of drug-likeness (QED) is 0.271. The van der Waals surface area contributed by atoms with Crippen LogP contribution in [0.25, 0.3) is 0 Å². The van der Waals surface area contributed by atoms with Gasteiger partial charge in [-0.3, -0.25) is 0 Å². The summed E-state index contributed by atoms with van der Waals surface area (Å²) in [6.07, 6.45) is 3.00. The summed E-state index contributed by atoms with van der Waals surface area (Å²) in [6, 6.07) is 3.50. The van der Waals surface area contributed by atoms with Crippen molar-refractivity contribution in [3.05, 3.63) is 29.4 Å². The van der Waals surface area contributed by atoms with Crippen molar-refractivity contribution in [2.45, 2.75) is 24.8 Å². The van der Waals surface area contributed by atoms with Crippen LogP contribution in [-0.4, -0.2) is 38.1 Å². The molecular formula is C11H14N2O2S2. The number of nitrogens with zero attached hydrogens (tertiary/aromatic N) is 2. The second-order valence-electron chi connectivity index (χ2n) is 4.45. The second kappa shape index (κ2) is 4.34. The van der Waals surface area contributed by atoms with E-state index in [4.69, 9.17) is 16.6 Å². The number of thioether (sulfide) groups is 1. The molecule has 0 unspecified atom stereocenters. The SMILES string of the molecule is CN1C(=S)S[C@H](/[N+]([O-])=C\c2ccco2)C1(C)C. The first kappa shape index (κ1) is 12.4. The van der Waals surface area contributed by atoms with E-state index >= 15 is 0 Å². The minimum atomic E-state index is -0.299. The Kier molecular flexibility index (Phi) is 3.18. The van der Waals surface area contributed by atoms with Gasteiger partial charge in [-0.2, -0.15) is 4.74 Å². The first-order chi connectivity index (χ1) is 7.93. The van der Waals surface area contributed by atoms with E-state index in [2.05, 4.69) is 0 Å². The van der Waals surface area contributed by atoms with E-state index in [0.29, 0.717) is 5.76 Å². The lowest BCUT2D eigenvalue weighted by Gasteiger charge is -2.30. The molecule has 1 fully saturated rings. The number of hydrogen-bond donors (Lipinski definition) is 0. The van der Waals surface area contributed by atoms with Crippen molar-refractivity contribution in [3.8, 4) is 0 Å². The van der Waals surface area contributed by atoms with Crippen LogP contribution in [0.15, 0.2) is 22.8 Å². The van der Waals surface area contributed by atoms with Crippen molar-refractivity contribution in [3.63, 3.8) is 0 Å². The predicted molar refractivity (Wildman–Crippen MR) is 73.3 cm³/mol. The minimum Gasteiger partial charge on any atom is -0.623 e. The maximum atomic E-state index is 12.1. The van der Waals surface area contributed by atoms with Gasteiger partial charge in [0.1, 0.15) is 9.86 Å². The molecule has 0 radical (unpaired) electrons. The Labute approximate surface area is 110 Å². The largest absolute Gasteiger partial charge is 0.623 e. The Bertz CT molecular complexity index is 454. The monoisotopic (exact) mass is 270 g/mol. The van der Waals surface area contributed by atoms with E-state index in [-0.39, 0.29) is 10.9 Å². The third-order valence-electron chi connectivity index (χ3n) is 2.98. The van der Waals surface area contributed by atoms with Crippen molar-refractivity contribution >= 4 is 34.5 Å². The van der Waals surface area contributed by atoms with Gasteiger partial charge >= 0.3 is 0 Å². The highest BCUT2D eigenvalue weighted by Crippen LogP contribution is 2.38. The molecule has 6 heteroatoms. The van der Waals surface area contributed by atoms with Crippen LogP contribution in [0.4, 0.5) is 0 Å². The molecule has 1 aromatic rings. The smallest absolute Gasteiger partial charge is 0.238 e. The van der Waals surface area contributed by atoms with Gasteiger partial charge in [-0.15, -0.1) is 0 Å². The zero-order valence-corrected chi connectivity index (χ0v) is 11.5. The second-order valence-corrected chi connectivity index (χ2v) is 6.17. The van der Waals surface area contributed by atoms with Crippen LogP contribution in [0.2, 0.25) is 0 Å². The minimum absolute atomic E-state index is 0.259. The van der Waals surface area contributed by atoms with Gasteiger partial charge in [-0.1, -0.05) is 12.2 Å². The Hall–Kier alpha value is -1.01. The molecule has 0 bridgehead atoms. The van der Waals surface area contributed by atoms with Crippen LogP contribution >= 0.6 is 24.0 Å². The normalized spacial score (nSPS) is 24.4. The average molecular weight is 270 g/mol. The molecule has 2 rings (SSSR count). The topological polar surface area (TPSA) is 42.5 Å². The molecule has 1 aliphatic heterocycles. The van der Waals surface area contributed by atoms with E-state index < -0.39 is 0 Å². The Morgan fingerprint density at radius 3 is 2.82 bits per heavy atom. The zero-order valence-electron chi connectivity index (χ0n) is 9.91. The van der Waals surface area contributed by atoms with E-state index in [1.165, 1.54) is 18.0 Å². The van der Waals surface area contributed by atoms with Crippen LogP contribution in [0.5, 0.6) is 0 Å². The number of rotatable bonds is 2. The number of hydroxylamine groups is 1. The molecule has 4 nitrogen and oxygen atoms in total. The summed E-state index contributed by atoms with van der Waals surface area (Å²) in [4.78, 5) is 1.96. The van der Waals surface area contributed by atoms with Crippen LogP contribution in [0, 0.1) is 5.21 Å². The molecule has 1 aromatic heterocycles. The maximum Gasteiger partial charge on any atom is 0.238 e. The summed E-state index contributed by atoms with van der Waals surface area (Å²) >= 11 is 6.63. The lowest BCUT2D eigenvalue weighted by atomic mass is 10.0.